The highest BCUT2D eigenvalue weighted by molar-refractivity contribution is 9.10. The van der Waals surface area contributed by atoms with Crippen molar-refractivity contribution in [3.63, 3.8) is 0 Å². The first kappa shape index (κ1) is 13.5. The van der Waals surface area contributed by atoms with Crippen LogP contribution in [0.1, 0.15) is 15.2 Å². The van der Waals surface area contributed by atoms with Gasteiger partial charge >= 0.3 is 0 Å². The lowest BCUT2D eigenvalue weighted by molar-refractivity contribution is 0.103. The minimum Gasteiger partial charge on any atom is -0.497 e. The molecule has 0 unspecified atom stereocenters. The predicted molar refractivity (Wildman–Crippen MR) is 73.4 cm³/mol. The average Bonchev–Trinajstić information content (AvgIpc) is 2.68. The average molecular weight is 350 g/mol. The summed E-state index contributed by atoms with van der Waals surface area (Å²) in [4.78, 5) is 12.5. The van der Waals surface area contributed by atoms with Gasteiger partial charge in [0.2, 0.25) is 5.78 Å². The van der Waals surface area contributed by atoms with Crippen molar-refractivity contribution >= 4 is 44.7 Å². The van der Waals surface area contributed by atoms with Crippen LogP contribution < -0.4 is 4.74 Å². The van der Waals surface area contributed by atoms with Crippen molar-refractivity contribution in [1.29, 1.82) is 0 Å². The van der Waals surface area contributed by atoms with Gasteiger partial charge in [0.15, 0.2) is 0 Å². The molecular formula is C12H7BrClFO2S. The molecule has 1 aromatic heterocycles. The number of carbonyl (C=O) groups excluding carboxylic acids is 1. The van der Waals surface area contributed by atoms with E-state index in [1.165, 1.54) is 19.2 Å². The SMILES string of the molecule is COc1ccc(C(=O)c2cc(Br)c(Cl)s2)c(F)c1. The molecule has 18 heavy (non-hydrogen) atoms. The zero-order valence-electron chi connectivity index (χ0n) is 9.17. The lowest BCUT2D eigenvalue weighted by atomic mass is 10.1. The van der Waals surface area contributed by atoms with E-state index in [9.17, 15) is 9.18 Å². The molecule has 2 rings (SSSR count). The Kier molecular flexibility index (Phi) is 4.04. The van der Waals surface area contributed by atoms with Crippen molar-refractivity contribution < 1.29 is 13.9 Å². The quantitative estimate of drug-likeness (QED) is 0.760. The second-order valence-electron chi connectivity index (χ2n) is 3.41. The van der Waals surface area contributed by atoms with Crippen LogP contribution in [0.2, 0.25) is 4.34 Å². The molecule has 1 heterocycles. The first-order valence-electron chi connectivity index (χ1n) is 4.86. The third-order valence-corrected chi connectivity index (χ3v) is 4.76. The summed E-state index contributed by atoms with van der Waals surface area (Å²) >= 11 is 10.2. The molecule has 0 radical (unpaired) electrons. The van der Waals surface area contributed by atoms with Gasteiger partial charge in [-0.2, -0.15) is 0 Å². The maximum Gasteiger partial charge on any atom is 0.205 e. The molecule has 0 saturated carbocycles. The third kappa shape index (κ3) is 2.58. The van der Waals surface area contributed by atoms with Crippen molar-refractivity contribution in [1.82, 2.24) is 0 Å². The summed E-state index contributed by atoms with van der Waals surface area (Å²) in [7, 11) is 1.44. The summed E-state index contributed by atoms with van der Waals surface area (Å²) in [5, 5.41) is 0. The van der Waals surface area contributed by atoms with E-state index in [4.69, 9.17) is 16.3 Å². The fourth-order valence-corrected chi connectivity index (χ4v) is 3.05. The van der Waals surface area contributed by atoms with Crippen molar-refractivity contribution in [3.8, 4) is 5.75 Å². The number of rotatable bonds is 3. The number of benzene rings is 1. The van der Waals surface area contributed by atoms with Gasteiger partial charge in [0.05, 0.1) is 17.6 Å². The Morgan fingerprint density at radius 1 is 1.44 bits per heavy atom. The van der Waals surface area contributed by atoms with E-state index in [-0.39, 0.29) is 5.56 Å². The molecule has 0 aliphatic rings. The summed E-state index contributed by atoms with van der Waals surface area (Å²) in [5.41, 5.74) is 0.00113. The van der Waals surface area contributed by atoms with Gasteiger partial charge in [0.25, 0.3) is 0 Å². The molecule has 0 bridgehead atoms. The molecule has 1 aromatic carbocycles. The highest BCUT2D eigenvalue weighted by Gasteiger charge is 2.18. The van der Waals surface area contributed by atoms with Gasteiger partial charge in [-0.1, -0.05) is 11.6 Å². The second kappa shape index (κ2) is 5.38. The van der Waals surface area contributed by atoms with Crippen LogP contribution in [0.3, 0.4) is 0 Å². The maximum absolute atomic E-state index is 13.7. The molecular weight excluding hydrogens is 343 g/mol. The minimum absolute atomic E-state index is 0.00113. The van der Waals surface area contributed by atoms with Crippen LogP contribution in [0.4, 0.5) is 4.39 Å². The topological polar surface area (TPSA) is 26.3 Å². The molecule has 0 fully saturated rings. The van der Waals surface area contributed by atoms with Crippen LogP contribution >= 0.6 is 38.9 Å². The Hall–Kier alpha value is -0.910. The zero-order chi connectivity index (χ0) is 13.3. The molecule has 0 spiro atoms. The number of ether oxygens (including phenoxy) is 1. The third-order valence-electron chi connectivity index (χ3n) is 2.29. The Morgan fingerprint density at radius 3 is 2.67 bits per heavy atom. The molecule has 0 aliphatic heterocycles. The predicted octanol–water partition coefficient (Wildman–Crippen LogP) is 4.54. The second-order valence-corrected chi connectivity index (χ2v) is 5.92. The highest BCUT2D eigenvalue weighted by atomic mass is 79.9. The summed E-state index contributed by atoms with van der Waals surface area (Å²) in [6.45, 7) is 0. The van der Waals surface area contributed by atoms with Gasteiger partial charge in [-0.15, -0.1) is 11.3 Å². The van der Waals surface area contributed by atoms with E-state index in [1.807, 2.05) is 0 Å². The zero-order valence-corrected chi connectivity index (χ0v) is 12.3. The molecule has 2 nitrogen and oxygen atoms in total. The molecule has 6 heteroatoms. The summed E-state index contributed by atoms with van der Waals surface area (Å²) in [6.07, 6.45) is 0. The van der Waals surface area contributed by atoms with Crippen molar-refractivity contribution in [3.05, 3.63) is 49.3 Å². The van der Waals surface area contributed by atoms with E-state index < -0.39 is 11.6 Å². The van der Waals surface area contributed by atoms with Gasteiger partial charge in [-0.05, 0) is 34.1 Å². The van der Waals surface area contributed by atoms with Gasteiger partial charge in [0.1, 0.15) is 15.9 Å². The van der Waals surface area contributed by atoms with Crippen LogP contribution in [-0.4, -0.2) is 12.9 Å². The Balaban J connectivity index is 2.40. The number of methoxy groups -OCH3 is 1. The van der Waals surface area contributed by atoms with Crippen LogP contribution in [0.15, 0.2) is 28.7 Å². The fraction of sp³-hybridized carbons (Fsp3) is 0.0833. The first-order valence-corrected chi connectivity index (χ1v) is 6.84. The number of ketones is 1. The van der Waals surface area contributed by atoms with E-state index in [1.54, 1.807) is 12.1 Å². The Bertz CT molecular complexity index is 593. The molecule has 0 N–H and O–H groups in total. The largest absolute Gasteiger partial charge is 0.497 e. The normalized spacial score (nSPS) is 10.4. The van der Waals surface area contributed by atoms with Crippen LogP contribution in [-0.2, 0) is 0 Å². The van der Waals surface area contributed by atoms with E-state index >= 15 is 0 Å². The van der Waals surface area contributed by atoms with Gasteiger partial charge in [0, 0.05) is 10.5 Å². The summed E-state index contributed by atoms with van der Waals surface area (Å²) in [5.74, 6) is -0.637. The van der Waals surface area contributed by atoms with Gasteiger partial charge < -0.3 is 4.74 Å². The standard InChI is InChI=1S/C12H7BrClFO2S/c1-17-6-2-3-7(9(15)4-6)11(16)10-5-8(13)12(14)18-10/h2-5H,1H3. The number of thiophene rings is 1. The monoisotopic (exact) mass is 348 g/mol. The lowest BCUT2D eigenvalue weighted by Crippen LogP contribution is -2.02. The first-order chi connectivity index (χ1) is 8.52. The highest BCUT2D eigenvalue weighted by Crippen LogP contribution is 2.33. The van der Waals surface area contributed by atoms with Crippen LogP contribution in [0.5, 0.6) is 5.75 Å². The fourth-order valence-electron chi connectivity index (χ4n) is 1.40. The molecule has 0 amide bonds. The molecule has 2 aromatic rings. The molecule has 0 atom stereocenters. The molecule has 0 aliphatic carbocycles. The van der Waals surface area contributed by atoms with E-state index in [2.05, 4.69) is 15.9 Å². The molecule has 94 valence electrons. The van der Waals surface area contributed by atoms with Crippen LogP contribution in [0, 0.1) is 5.82 Å². The number of hydrogen-bond acceptors (Lipinski definition) is 3. The summed E-state index contributed by atoms with van der Waals surface area (Å²) < 4.78 is 19.7. The molecule has 0 saturated heterocycles. The minimum atomic E-state index is -0.611. The summed E-state index contributed by atoms with van der Waals surface area (Å²) in [6, 6.07) is 5.70. The van der Waals surface area contributed by atoms with E-state index in [0.717, 1.165) is 11.3 Å². The van der Waals surface area contributed by atoms with Gasteiger partial charge in [-0.3, -0.25) is 4.79 Å². The smallest absolute Gasteiger partial charge is 0.205 e. The maximum atomic E-state index is 13.7. The van der Waals surface area contributed by atoms with E-state index in [0.29, 0.717) is 19.4 Å². The number of halogens is 3. The number of hydrogen-bond donors (Lipinski definition) is 0. The Labute approximate surface area is 120 Å². The van der Waals surface area contributed by atoms with Crippen molar-refractivity contribution in [2.24, 2.45) is 0 Å². The number of carbonyl (C=O) groups is 1. The lowest BCUT2D eigenvalue weighted by Gasteiger charge is -2.03. The van der Waals surface area contributed by atoms with Gasteiger partial charge in [-0.25, -0.2) is 4.39 Å². The van der Waals surface area contributed by atoms with Crippen LogP contribution in [0.25, 0.3) is 0 Å². The van der Waals surface area contributed by atoms with Crippen molar-refractivity contribution in [2.45, 2.75) is 0 Å². The van der Waals surface area contributed by atoms with Crippen molar-refractivity contribution in [2.75, 3.05) is 7.11 Å². The Morgan fingerprint density at radius 2 is 2.17 bits per heavy atom.